The molecule has 1 unspecified atom stereocenters. The zero-order valence-electron chi connectivity index (χ0n) is 9.00. The van der Waals surface area contributed by atoms with Gasteiger partial charge in [0, 0.05) is 11.9 Å². The molecule has 1 rings (SSSR count). The number of nitrogens with two attached hydrogens (primary N) is 1. The third-order valence-corrected chi connectivity index (χ3v) is 2.47. The molecule has 0 aliphatic rings. The highest BCUT2D eigenvalue weighted by atomic mass is 35.5. The summed E-state index contributed by atoms with van der Waals surface area (Å²) in [5, 5.41) is 0. The van der Waals surface area contributed by atoms with Gasteiger partial charge in [0.1, 0.15) is 0 Å². The van der Waals surface area contributed by atoms with Gasteiger partial charge in [0.2, 0.25) is 0 Å². The second-order valence-corrected chi connectivity index (χ2v) is 3.58. The summed E-state index contributed by atoms with van der Waals surface area (Å²) in [7, 11) is 3.21. The van der Waals surface area contributed by atoms with Gasteiger partial charge in [0.25, 0.3) is 0 Å². The highest BCUT2D eigenvalue weighted by Gasteiger charge is 2.09. The van der Waals surface area contributed by atoms with Crippen molar-refractivity contribution in [1.82, 2.24) is 0 Å². The van der Waals surface area contributed by atoms with E-state index >= 15 is 0 Å². The Bertz CT molecular complexity index is 317. The maximum absolute atomic E-state index is 5.94. The fourth-order valence-corrected chi connectivity index (χ4v) is 1.60. The molecule has 0 aliphatic carbocycles. The fraction of sp³-hybridized carbons (Fsp3) is 0.455. The van der Waals surface area contributed by atoms with E-state index in [-0.39, 0.29) is 6.04 Å². The van der Waals surface area contributed by atoms with Gasteiger partial charge in [0.15, 0.2) is 11.5 Å². The van der Waals surface area contributed by atoms with Gasteiger partial charge < -0.3 is 15.2 Å². The van der Waals surface area contributed by atoms with Crippen molar-refractivity contribution in [3.8, 4) is 11.5 Å². The summed E-state index contributed by atoms with van der Waals surface area (Å²) in [5.74, 6) is 1.95. The van der Waals surface area contributed by atoms with Crippen LogP contribution < -0.4 is 15.2 Å². The molecule has 0 aromatic heterocycles. The molecule has 0 aliphatic heterocycles. The van der Waals surface area contributed by atoms with Crippen LogP contribution in [-0.2, 0) is 0 Å². The first kappa shape index (κ1) is 12.1. The second-order valence-electron chi connectivity index (χ2n) is 3.20. The monoisotopic (exact) mass is 229 g/mol. The molecule has 0 bridgehead atoms. The molecule has 3 nitrogen and oxygen atoms in total. The average molecular weight is 230 g/mol. The van der Waals surface area contributed by atoms with Crippen LogP contribution in [0.3, 0.4) is 0 Å². The Morgan fingerprint density at radius 2 is 1.93 bits per heavy atom. The number of halogens is 1. The lowest BCUT2D eigenvalue weighted by Crippen LogP contribution is -2.10. The lowest BCUT2D eigenvalue weighted by molar-refractivity contribution is 0.354. The standard InChI is InChI=1S/C11H16ClNO2/c1-14-10-4-3-8(7-11(10)15-2)9(13)5-6-12/h3-4,7,9H,5-6,13H2,1-2H3. The van der Waals surface area contributed by atoms with E-state index in [1.165, 1.54) is 0 Å². The van der Waals surface area contributed by atoms with E-state index in [9.17, 15) is 0 Å². The molecule has 0 saturated carbocycles. The zero-order chi connectivity index (χ0) is 11.3. The summed E-state index contributed by atoms with van der Waals surface area (Å²) in [6.07, 6.45) is 0.747. The van der Waals surface area contributed by atoms with Crippen molar-refractivity contribution in [3.63, 3.8) is 0 Å². The van der Waals surface area contributed by atoms with Crippen molar-refractivity contribution >= 4 is 11.6 Å². The molecule has 2 N–H and O–H groups in total. The van der Waals surface area contributed by atoms with Crippen LogP contribution >= 0.6 is 11.6 Å². The minimum absolute atomic E-state index is 0.0534. The molecule has 84 valence electrons. The van der Waals surface area contributed by atoms with Crippen LogP contribution in [0.1, 0.15) is 18.0 Å². The first-order valence-corrected chi connectivity index (χ1v) is 5.29. The second kappa shape index (κ2) is 5.83. The summed E-state index contributed by atoms with van der Waals surface area (Å²) >= 11 is 5.64. The van der Waals surface area contributed by atoms with Crippen molar-refractivity contribution in [2.24, 2.45) is 5.73 Å². The fourth-order valence-electron chi connectivity index (χ4n) is 1.37. The molecule has 1 aromatic carbocycles. The first-order chi connectivity index (χ1) is 7.22. The molecule has 0 saturated heterocycles. The van der Waals surface area contributed by atoms with Crippen LogP contribution in [0.5, 0.6) is 11.5 Å². The number of methoxy groups -OCH3 is 2. The Morgan fingerprint density at radius 1 is 1.27 bits per heavy atom. The highest BCUT2D eigenvalue weighted by Crippen LogP contribution is 2.30. The van der Waals surface area contributed by atoms with E-state index in [1.807, 2.05) is 18.2 Å². The quantitative estimate of drug-likeness (QED) is 0.789. The molecule has 1 aromatic rings. The Balaban J connectivity index is 2.92. The molecule has 1 atom stereocenters. The summed E-state index contributed by atoms with van der Waals surface area (Å²) in [6.45, 7) is 0. The lowest BCUT2D eigenvalue weighted by Gasteiger charge is -2.13. The summed E-state index contributed by atoms with van der Waals surface area (Å²) < 4.78 is 10.3. The largest absolute Gasteiger partial charge is 0.493 e. The van der Waals surface area contributed by atoms with Gasteiger partial charge in [-0.1, -0.05) is 6.07 Å². The number of ether oxygens (including phenoxy) is 2. The molecule has 0 amide bonds. The van der Waals surface area contributed by atoms with Crippen molar-refractivity contribution in [3.05, 3.63) is 23.8 Å². The van der Waals surface area contributed by atoms with Crippen LogP contribution in [-0.4, -0.2) is 20.1 Å². The molecule has 0 spiro atoms. The number of benzene rings is 1. The van der Waals surface area contributed by atoms with E-state index in [1.54, 1.807) is 14.2 Å². The molecule has 0 radical (unpaired) electrons. The summed E-state index contributed by atoms with van der Waals surface area (Å²) in [4.78, 5) is 0. The van der Waals surface area contributed by atoms with Crippen molar-refractivity contribution in [2.45, 2.75) is 12.5 Å². The SMILES string of the molecule is COc1ccc(C(N)CCCl)cc1OC. The van der Waals surface area contributed by atoms with E-state index < -0.39 is 0 Å². The third-order valence-electron chi connectivity index (χ3n) is 2.26. The van der Waals surface area contributed by atoms with Gasteiger partial charge in [-0.25, -0.2) is 0 Å². The van der Waals surface area contributed by atoms with Gasteiger partial charge in [-0.2, -0.15) is 0 Å². The maximum Gasteiger partial charge on any atom is 0.161 e. The van der Waals surface area contributed by atoms with Gasteiger partial charge in [-0.3, -0.25) is 0 Å². The van der Waals surface area contributed by atoms with Crippen LogP contribution in [0, 0.1) is 0 Å². The van der Waals surface area contributed by atoms with Crippen LogP contribution in [0.15, 0.2) is 18.2 Å². The number of hydrogen-bond donors (Lipinski definition) is 1. The molecule has 4 heteroatoms. The summed E-state index contributed by atoms with van der Waals surface area (Å²) in [6, 6.07) is 5.61. The Labute approximate surface area is 95.1 Å². The molecule has 0 fully saturated rings. The topological polar surface area (TPSA) is 44.5 Å². The van der Waals surface area contributed by atoms with Gasteiger partial charge in [-0.15, -0.1) is 11.6 Å². The minimum atomic E-state index is -0.0534. The number of alkyl halides is 1. The van der Waals surface area contributed by atoms with Crippen molar-refractivity contribution in [1.29, 1.82) is 0 Å². The van der Waals surface area contributed by atoms with Gasteiger partial charge in [0.05, 0.1) is 14.2 Å². The Kier molecular flexibility index (Phi) is 4.72. The van der Waals surface area contributed by atoms with Crippen LogP contribution in [0.25, 0.3) is 0 Å². The van der Waals surface area contributed by atoms with E-state index in [2.05, 4.69) is 0 Å². The average Bonchev–Trinajstić information content (AvgIpc) is 2.28. The molecular formula is C11H16ClNO2. The van der Waals surface area contributed by atoms with Gasteiger partial charge >= 0.3 is 0 Å². The molecular weight excluding hydrogens is 214 g/mol. The smallest absolute Gasteiger partial charge is 0.161 e. The zero-order valence-corrected chi connectivity index (χ0v) is 9.75. The minimum Gasteiger partial charge on any atom is -0.493 e. The molecule has 15 heavy (non-hydrogen) atoms. The number of hydrogen-bond acceptors (Lipinski definition) is 3. The normalized spacial score (nSPS) is 12.3. The van der Waals surface area contributed by atoms with Crippen molar-refractivity contribution < 1.29 is 9.47 Å². The predicted octanol–water partition coefficient (Wildman–Crippen LogP) is 2.33. The van der Waals surface area contributed by atoms with Crippen molar-refractivity contribution in [2.75, 3.05) is 20.1 Å². The number of rotatable bonds is 5. The van der Waals surface area contributed by atoms with Crippen LogP contribution in [0.2, 0.25) is 0 Å². The van der Waals surface area contributed by atoms with Crippen LogP contribution in [0.4, 0.5) is 0 Å². The lowest BCUT2D eigenvalue weighted by atomic mass is 10.1. The maximum atomic E-state index is 5.94. The molecule has 0 heterocycles. The highest BCUT2D eigenvalue weighted by molar-refractivity contribution is 6.17. The van der Waals surface area contributed by atoms with E-state index in [0.717, 1.165) is 12.0 Å². The predicted molar refractivity (Wildman–Crippen MR) is 61.8 cm³/mol. The first-order valence-electron chi connectivity index (χ1n) is 4.76. The third kappa shape index (κ3) is 3.01. The summed E-state index contributed by atoms with van der Waals surface area (Å²) in [5.41, 5.74) is 6.95. The Hall–Kier alpha value is -0.930. The van der Waals surface area contributed by atoms with Gasteiger partial charge in [-0.05, 0) is 24.1 Å². The van der Waals surface area contributed by atoms with E-state index in [0.29, 0.717) is 17.4 Å². The van der Waals surface area contributed by atoms with E-state index in [4.69, 9.17) is 26.8 Å². The Morgan fingerprint density at radius 3 is 2.47 bits per heavy atom.